The van der Waals surface area contributed by atoms with Crippen LogP contribution in [0.25, 0.3) is 10.2 Å². The molecule has 2 aromatic carbocycles. The van der Waals surface area contributed by atoms with Crippen molar-refractivity contribution in [3.05, 3.63) is 64.2 Å². The van der Waals surface area contributed by atoms with E-state index in [1.165, 1.54) is 11.3 Å². The largest absolute Gasteiger partial charge is 0.481 e. The molecule has 0 saturated carbocycles. The van der Waals surface area contributed by atoms with Gasteiger partial charge in [-0.25, -0.2) is 4.98 Å². The average molecular weight is 408 g/mol. The Hall–Kier alpha value is -3.06. The number of Topliss-reactive ketones (excluding diaryl/α,β-unsaturated/α-hetero) is 1. The SMILES string of the molecule is NC(=O)c1cccc2sc(CCC(=O)C3(CC(=O)O)Cc4ccccc4C3)nc12. The Morgan fingerprint density at radius 1 is 1.07 bits per heavy atom. The molecule has 0 unspecified atom stereocenters. The summed E-state index contributed by atoms with van der Waals surface area (Å²) in [6, 6.07) is 13.0. The highest BCUT2D eigenvalue weighted by Crippen LogP contribution is 2.41. The molecule has 0 fully saturated rings. The number of carbonyl (C=O) groups excluding carboxylic acids is 2. The van der Waals surface area contributed by atoms with Gasteiger partial charge >= 0.3 is 5.97 Å². The number of hydrogen-bond donors (Lipinski definition) is 2. The lowest BCUT2D eigenvalue weighted by Crippen LogP contribution is -2.35. The maximum absolute atomic E-state index is 13.2. The first-order valence-electron chi connectivity index (χ1n) is 9.38. The molecule has 29 heavy (non-hydrogen) atoms. The molecule has 4 rings (SSSR count). The highest BCUT2D eigenvalue weighted by Gasteiger charge is 2.44. The molecule has 7 heteroatoms. The molecule has 0 radical (unpaired) electrons. The van der Waals surface area contributed by atoms with Crippen LogP contribution < -0.4 is 5.73 Å². The summed E-state index contributed by atoms with van der Waals surface area (Å²) in [7, 11) is 0. The van der Waals surface area contributed by atoms with Gasteiger partial charge in [0, 0.05) is 18.3 Å². The van der Waals surface area contributed by atoms with Crippen molar-refractivity contribution in [2.75, 3.05) is 0 Å². The molecule has 0 atom stereocenters. The number of aliphatic carboxylic acids is 1. The molecule has 0 bridgehead atoms. The van der Waals surface area contributed by atoms with Crippen LogP contribution in [0.5, 0.6) is 0 Å². The number of carboxylic acid groups (broad SMARTS) is 1. The number of nitrogens with two attached hydrogens (primary N) is 1. The number of carbonyl (C=O) groups is 3. The summed E-state index contributed by atoms with van der Waals surface area (Å²) in [6.07, 6.45) is 1.37. The molecule has 1 heterocycles. The predicted octanol–water partition coefficient (Wildman–Crippen LogP) is 3.16. The molecule has 0 aliphatic heterocycles. The number of aryl methyl sites for hydroxylation is 1. The second-order valence-electron chi connectivity index (χ2n) is 7.52. The predicted molar refractivity (Wildman–Crippen MR) is 110 cm³/mol. The number of carboxylic acids is 1. The monoisotopic (exact) mass is 408 g/mol. The fourth-order valence-electron chi connectivity index (χ4n) is 4.19. The molecule has 0 spiro atoms. The molecule has 1 aromatic heterocycles. The number of nitrogens with zero attached hydrogens (tertiary/aromatic N) is 1. The molecule has 1 amide bonds. The summed E-state index contributed by atoms with van der Waals surface area (Å²) in [5.74, 6) is -1.55. The fourth-order valence-corrected chi connectivity index (χ4v) is 5.18. The van der Waals surface area contributed by atoms with Gasteiger partial charge in [0.15, 0.2) is 0 Å². The molecule has 6 nitrogen and oxygen atoms in total. The lowest BCUT2D eigenvalue weighted by Gasteiger charge is -2.25. The van der Waals surface area contributed by atoms with E-state index in [1.54, 1.807) is 12.1 Å². The van der Waals surface area contributed by atoms with Crippen molar-refractivity contribution >= 4 is 39.2 Å². The van der Waals surface area contributed by atoms with Crippen LogP contribution in [-0.4, -0.2) is 27.8 Å². The summed E-state index contributed by atoms with van der Waals surface area (Å²) in [6.45, 7) is 0. The van der Waals surface area contributed by atoms with E-state index in [0.717, 1.165) is 20.8 Å². The van der Waals surface area contributed by atoms with E-state index in [2.05, 4.69) is 4.98 Å². The minimum Gasteiger partial charge on any atom is -0.481 e. The van der Waals surface area contributed by atoms with Crippen LogP contribution in [0.3, 0.4) is 0 Å². The van der Waals surface area contributed by atoms with E-state index in [4.69, 9.17) is 5.73 Å². The van der Waals surface area contributed by atoms with E-state index < -0.39 is 17.3 Å². The van der Waals surface area contributed by atoms with Crippen LogP contribution in [0.4, 0.5) is 0 Å². The Bertz CT molecular complexity index is 1110. The fraction of sp³-hybridized carbons (Fsp3) is 0.273. The van der Waals surface area contributed by atoms with Crippen molar-refractivity contribution in [1.29, 1.82) is 0 Å². The zero-order chi connectivity index (χ0) is 20.6. The Morgan fingerprint density at radius 3 is 2.38 bits per heavy atom. The third kappa shape index (κ3) is 3.65. The van der Waals surface area contributed by atoms with Gasteiger partial charge < -0.3 is 10.8 Å². The highest BCUT2D eigenvalue weighted by atomic mass is 32.1. The average Bonchev–Trinajstić information content (AvgIpc) is 3.26. The van der Waals surface area contributed by atoms with Crippen LogP contribution in [0.2, 0.25) is 0 Å². The molecule has 1 aliphatic carbocycles. The van der Waals surface area contributed by atoms with Gasteiger partial charge in [-0.2, -0.15) is 0 Å². The van der Waals surface area contributed by atoms with Gasteiger partial charge in [-0.3, -0.25) is 14.4 Å². The third-order valence-corrected chi connectivity index (χ3v) is 6.63. The molecule has 0 saturated heterocycles. The number of para-hydroxylation sites is 1. The maximum atomic E-state index is 13.2. The van der Waals surface area contributed by atoms with E-state index in [0.29, 0.717) is 30.3 Å². The number of amides is 1. The van der Waals surface area contributed by atoms with Gasteiger partial charge in [0.25, 0.3) is 5.91 Å². The van der Waals surface area contributed by atoms with Crippen LogP contribution in [0.1, 0.15) is 39.3 Å². The first kappa shape index (κ1) is 19.3. The van der Waals surface area contributed by atoms with Gasteiger partial charge in [0.05, 0.1) is 27.2 Å². The van der Waals surface area contributed by atoms with Gasteiger partial charge in [0.2, 0.25) is 0 Å². The van der Waals surface area contributed by atoms with Crippen molar-refractivity contribution in [3.63, 3.8) is 0 Å². The molecular formula is C22H20N2O4S. The maximum Gasteiger partial charge on any atom is 0.304 e. The Labute approximate surface area is 171 Å². The van der Waals surface area contributed by atoms with E-state index in [9.17, 15) is 19.5 Å². The van der Waals surface area contributed by atoms with Crippen molar-refractivity contribution < 1.29 is 19.5 Å². The van der Waals surface area contributed by atoms with E-state index in [1.807, 2.05) is 30.3 Å². The number of ketones is 1. The lowest BCUT2D eigenvalue weighted by atomic mass is 9.76. The van der Waals surface area contributed by atoms with Gasteiger partial charge in [0.1, 0.15) is 5.78 Å². The smallest absolute Gasteiger partial charge is 0.304 e. The summed E-state index contributed by atoms with van der Waals surface area (Å²) in [4.78, 5) is 40.8. The van der Waals surface area contributed by atoms with Crippen LogP contribution in [-0.2, 0) is 28.9 Å². The first-order valence-corrected chi connectivity index (χ1v) is 10.2. The number of rotatable bonds is 7. The summed E-state index contributed by atoms with van der Waals surface area (Å²) in [5.41, 5.74) is 7.54. The molecule has 3 N–H and O–H groups in total. The molecular weight excluding hydrogens is 388 g/mol. The second kappa shape index (κ2) is 7.40. The Kier molecular flexibility index (Phi) is 4.92. The second-order valence-corrected chi connectivity index (χ2v) is 8.64. The minimum atomic E-state index is -0.961. The lowest BCUT2D eigenvalue weighted by molar-refractivity contribution is -0.144. The summed E-state index contributed by atoms with van der Waals surface area (Å²) < 4.78 is 0.845. The standard InChI is InChI=1S/C22H20N2O4S/c23-21(28)15-6-3-7-16-20(15)24-18(29-16)9-8-17(25)22(12-19(26)27)10-13-4-1-2-5-14(13)11-22/h1-7H,8-12H2,(H2,23,28)(H,26,27). The number of primary amides is 1. The van der Waals surface area contributed by atoms with Crippen LogP contribution in [0.15, 0.2) is 42.5 Å². The number of thiazole rings is 1. The zero-order valence-electron chi connectivity index (χ0n) is 15.7. The molecule has 3 aromatic rings. The van der Waals surface area contributed by atoms with Gasteiger partial charge in [-0.05, 0) is 36.1 Å². The van der Waals surface area contributed by atoms with Crippen molar-refractivity contribution in [2.24, 2.45) is 11.1 Å². The number of benzene rings is 2. The minimum absolute atomic E-state index is 0.0505. The third-order valence-electron chi connectivity index (χ3n) is 5.55. The number of aromatic nitrogens is 1. The van der Waals surface area contributed by atoms with Crippen molar-refractivity contribution in [2.45, 2.75) is 32.1 Å². The molecule has 1 aliphatic rings. The van der Waals surface area contributed by atoms with Gasteiger partial charge in [-0.15, -0.1) is 11.3 Å². The Balaban J connectivity index is 1.55. The van der Waals surface area contributed by atoms with Crippen molar-refractivity contribution in [1.82, 2.24) is 4.98 Å². The zero-order valence-corrected chi connectivity index (χ0v) is 16.5. The number of fused-ring (bicyclic) bond motifs is 2. The normalized spacial score (nSPS) is 14.6. The topological polar surface area (TPSA) is 110 Å². The summed E-state index contributed by atoms with van der Waals surface area (Å²) >= 11 is 1.43. The molecule has 148 valence electrons. The number of hydrogen-bond acceptors (Lipinski definition) is 5. The van der Waals surface area contributed by atoms with E-state index >= 15 is 0 Å². The van der Waals surface area contributed by atoms with Crippen molar-refractivity contribution in [3.8, 4) is 0 Å². The summed E-state index contributed by atoms with van der Waals surface area (Å²) in [5, 5.41) is 10.2. The van der Waals surface area contributed by atoms with Crippen LogP contribution >= 0.6 is 11.3 Å². The van der Waals surface area contributed by atoms with Crippen LogP contribution in [0, 0.1) is 5.41 Å². The van der Waals surface area contributed by atoms with E-state index in [-0.39, 0.29) is 18.6 Å². The highest BCUT2D eigenvalue weighted by molar-refractivity contribution is 7.18. The first-order chi connectivity index (χ1) is 13.9. The Morgan fingerprint density at radius 2 is 1.76 bits per heavy atom. The van der Waals surface area contributed by atoms with Gasteiger partial charge in [-0.1, -0.05) is 30.3 Å². The quantitative estimate of drug-likeness (QED) is 0.624.